The number of rotatable bonds is 15. The zero-order valence-electron chi connectivity index (χ0n) is 21.1. The van der Waals surface area contributed by atoms with Crippen LogP contribution in [0.15, 0.2) is 18.2 Å². The van der Waals surface area contributed by atoms with Gasteiger partial charge in [0.1, 0.15) is 12.1 Å². The Bertz CT molecular complexity index is 853. The maximum absolute atomic E-state index is 12.0. The molecular formula is C25H37NO9. The number of carboxylic acids is 1. The molecule has 0 bridgehead atoms. The Morgan fingerprint density at radius 3 is 2.09 bits per heavy atom. The molecule has 0 aliphatic heterocycles. The van der Waals surface area contributed by atoms with Crippen molar-refractivity contribution < 1.29 is 43.2 Å². The fourth-order valence-electron chi connectivity index (χ4n) is 2.86. The first-order chi connectivity index (χ1) is 16.5. The van der Waals surface area contributed by atoms with Gasteiger partial charge in [-0.1, -0.05) is 33.8 Å². The maximum Gasteiger partial charge on any atom is 0.508 e. The molecule has 2 N–H and O–H groups in total. The van der Waals surface area contributed by atoms with E-state index in [0.717, 1.165) is 0 Å². The number of hydrogen-bond acceptors (Lipinski definition) is 9. The quantitative estimate of drug-likeness (QED) is 0.272. The van der Waals surface area contributed by atoms with Gasteiger partial charge in [0.2, 0.25) is 0 Å². The van der Waals surface area contributed by atoms with E-state index in [9.17, 15) is 24.3 Å². The first-order valence-electron chi connectivity index (χ1n) is 11.9. The van der Waals surface area contributed by atoms with Crippen molar-refractivity contribution in [2.24, 2.45) is 5.92 Å². The van der Waals surface area contributed by atoms with Gasteiger partial charge in [-0.2, -0.15) is 0 Å². The number of ether oxygens (including phenoxy) is 4. The number of nitrogens with one attached hydrogen (secondary N) is 1. The van der Waals surface area contributed by atoms with E-state index in [0.29, 0.717) is 18.4 Å². The highest BCUT2D eigenvalue weighted by molar-refractivity contribution is 5.77. The fraction of sp³-hybridized carbons (Fsp3) is 0.600. The van der Waals surface area contributed by atoms with E-state index in [-0.39, 0.29) is 49.8 Å². The summed E-state index contributed by atoms with van der Waals surface area (Å²) in [6.07, 6.45) is 0.185. The monoisotopic (exact) mass is 495 g/mol. The minimum Gasteiger partial charge on any atom is -0.480 e. The molecule has 1 aromatic rings. The Labute approximate surface area is 206 Å². The normalized spacial score (nSPS) is 12.5. The second-order valence-electron chi connectivity index (χ2n) is 8.62. The molecule has 0 aliphatic rings. The van der Waals surface area contributed by atoms with Crippen molar-refractivity contribution in [2.45, 2.75) is 78.9 Å². The third-order valence-corrected chi connectivity index (χ3v) is 4.59. The van der Waals surface area contributed by atoms with Crippen LogP contribution in [0.3, 0.4) is 0 Å². The molecule has 2 atom stereocenters. The molecule has 0 spiro atoms. The number of carbonyl (C=O) groups is 4. The minimum absolute atomic E-state index is 0.0430. The number of esters is 2. The molecule has 0 saturated heterocycles. The lowest BCUT2D eigenvalue weighted by Gasteiger charge is -2.19. The molecule has 0 aliphatic carbocycles. The summed E-state index contributed by atoms with van der Waals surface area (Å²) >= 11 is 0. The first kappa shape index (κ1) is 29.9. The molecule has 1 aromatic carbocycles. The highest BCUT2D eigenvalue weighted by Crippen LogP contribution is 2.30. The van der Waals surface area contributed by atoms with Crippen LogP contribution in [0, 0.1) is 5.92 Å². The molecule has 0 aromatic heterocycles. The second-order valence-corrected chi connectivity index (χ2v) is 8.62. The van der Waals surface area contributed by atoms with Gasteiger partial charge in [-0.15, -0.1) is 0 Å². The van der Waals surface area contributed by atoms with Gasteiger partial charge in [0.05, 0.1) is 6.61 Å². The third-order valence-electron chi connectivity index (χ3n) is 4.59. The third kappa shape index (κ3) is 12.2. The molecular weight excluding hydrogens is 458 g/mol. The van der Waals surface area contributed by atoms with Crippen molar-refractivity contribution >= 4 is 24.1 Å². The number of benzene rings is 1. The molecule has 0 heterocycles. The van der Waals surface area contributed by atoms with Gasteiger partial charge in [-0.25, -0.2) is 4.79 Å². The molecule has 10 heteroatoms. The van der Waals surface area contributed by atoms with Gasteiger partial charge in [0.15, 0.2) is 11.5 Å². The summed E-state index contributed by atoms with van der Waals surface area (Å²) in [4.78, 5) is 47.5. The van der Waals surface area contributed by atoms with Crippen LogP contribution in [0.5, 0.6) is 11.5 Å². The summed E-state index contributed by atoms with van der Waals surface area (Å²) < 4.78 is 20.8. The van der Waals surface area contributed by atoms with Crippen molar-refractivity contribution in [1.29, 1.82) is 0 Å². The molecule has 0 radical (unpaired) electrons. The van der Waals surface area contributed by atoms with Crippen LogP contribution in [-0.2, 0) is 30.3 Å². The van der Waals surface area contributed by atoms with Crippen molar-refractivity contribution in [3.05, 3.63) is 23.8 Å². The van der Waals surface area contributed by atoms with E-state index in [1.807, 2.05) is 27.7 Å². The van der Waals surface area contributed by atoms with Gasteiger partial charge in [-0.05, 0) is 49.8 Å². The average Bonchev–Trinajstić information content (AvgIpc) is 2.77. The van der Waals surface area contributed by atoms with E-state index in [1.165, 1.54) is 12.1 Å². The van der Waals surface area contributed by atoms with Crippen molar-refractivity contribution in [3.8, 4) is 11.5 Å². The summed E-state index contributed by atoms with van der Waals surface area (Å²) in [5.74, 6) is -1.74. The fourth-order valence-corrected chi connectivity index (χ4v) is 2.86. The van der Waals surface area contributed by atoms with Crippen LogP contribution in [0.2, 0.25) is 0 Å². The highest BCUT2D eigenvalue weighted by atomic mass is 16.7. The van der Waals surface area contributed by atoms with Crippen LogP contribution in [0.1, 0.15) is 65.9 Å². The Kier molecular flexibility index (Phi) is 13.4. The van der Waals surface area contributed by atoms with E-state index in [1.54, 1.807) is 13.0 Å². The van der Waals surface area contributed by atoms with Crippen molar-refractivity contribution in [3.63, 3.8) is 0 Å². The molecule has 0 fully saturated rings. The predicted octanol–water partition coefficient (Wildman–Crippen LogP) is 3.88. The largest absolute Gasteiger partial charge is 0.508 e. The first-order valence-corrected chi connectivity index (χ1v) is 11.9. The minimum atomic E-state index is -1.11. The number of hydrogen-bond donors (Lipinski definition) is 2. The zero-order chi connectivity index (χ0) is 26.4. The maximum atomic E-state index is 12.0. The van der Waals surface area contributed by atoms with E-state index in [2.05, 4.69) is 5.32 Å². The predicted molar refractivity (Wildman–Crippen MR) is 127 cm³/mol. The summed E-state index contributed by atoms with van der Waals surface area (Å²) in [7, 11) is 0. The second kappa shape index (κ2) is 15.7. The molecule has 1 rings (SSSR count). The van der Waals surface area contributed by atoms with Gasteiger partial charge < -0.3 is 29.4 Å². The Balaban J connectivity index is 2.88. The molecule has 0 amide bonds. The summed E-state index contributed by atoms with van der Waals surface area (Å²) in [6.45, 7) is 9.39. The molecule has 35 heavy (non-hydrogen) atoms. The van der Waals surface area contributed by atoms with Gasteiger partial charge >= 0.3 is 24.1 Å². The van der Waals surface area contributed by atoms with Crippen molar-refractivity contribution in [1.82, 2.24) is 5.32 Å². The van der Waals surface area contributed by atoms with Crippen molar-refractivity contribution in [2.75, 3.05) is 13.2 Å². The van der Waals surface area contributed by atoms with Crippen LogP contribution in [0.25, 0.3) is 0 Å². The lowest BCUT2D eigenvalue weighted by Crippen LogP contribution is -2.42. The lowest BCUT2D eigenvalue weighted by atomic mass is 10.0. The number of aliphatic carboxylic acids is 1. The smallest absolute Gasteiger partial charge is 0.480 e. The number of carboxylic acid groups (broad SMARTS) is 1. The van der Waals surface area contributed by atoms with Crippen LogP contribution < -0.4 is 14.8 Å². The lowest BCUT2D eigenvalue weighted by molar-refractivity contribution is -0.139. The summed E-state index contributed by atoms with van der Waals surface area (Å²) in [6, 6.07) is 3.56. The van der Waals surface area contributed by atoms with Crippen LogP contribution >= 0.6 is 0 Å². The zero-order valence-corrected chi connectivity index (χ0v) is 21.1. The van der Waals surface area contributed by atoms with E-state index < -0.39 is 36.2 Å². The summed E-state index contributed by atoms with van der Waals surface area (Å²) in [5.41, 5.74) is 0.546. The van der Waals surface area contributed by atoms with Crippen LogP contribution in [-0.4, -0.2) is 54.5 Å². The van der Waals surface area contributed by atoms with Crippen LogP contribution in [0.4, 0.5) is 4.79 Å². The molecule has 0 saturated carbocycles. The Morgan fingerprint density at radius 1 is 0.943 bits per heavy atom. The standard InChI is InChI=1S/C25H37NO9/c1-6-8-22(27)34-20-11-10-18(13-21(20)35-23(28)9-7-2)12-19(24(29)30)26-14-17(5)33-25(31)32-15-16(3)4/h10-11,13,16-17,19,26H,6-9,12,14-15H2,1-5H3,(H,29,30)/t17?,19-/m0/s1. The summed E-state index contributed by atoms with van der Waals surface area (Å²) in [5, 5.41) is 12.5. The topological polar surface area (TPSA) is 137 Å². The van der Waals surface area contributed by atoms with Gasteiger partial charge in [0, 0.05) is 19.4 Å². The van der Waals surface area contributed by atoms with E-state index >= 15 is 0 Å². The molecule has 1 unspecified atom stereocenters. The van der Waals surface area contributed by atoms with Gasteiger partial charge in [0.25, 0.3) is 0 Å². The SMILES string of the molecule is CCCC(=O)Oc1ccc(C[C@H](NCC(C)OC(=O)OCC(C)C)C(=O)O)cc1OC(=O)CCC. The van der Waals surface area contributed by atoms with E-state index in [4.69, 9.17) is 18.9 Å². The average molecular weight is 496 g/mol. The van der Waals surface area contributed by atoms with Gasteiger partial charge in [-0.3, -0.25) is 14.4 Å². The molecule has 196 valence electrons. The Hall–Kier alpha value is -3.14. The number of carbonyl (C=O) groups excluding carboxylic acids is 3. The highest BCUT2D eigenvalue weighted by Gasteiger charge is 2.22. The Morgan fingerprint density at radius 2 is 1.54 bits per heavy atom. The molecule has 10 nitrogen and oxygen atoms in total.